The first-order chi connectivity index (χ1) is 7.18. The molecule has 76 valence electrons. The number of rotatable bonds is 2. The monoisotopic (exact) mass is 203 g/mol. The third-order valence-electron chi connectivity index (χ3n) is 2.11. The Morgan fingerprint density at radius 3 is 2.47 bits per heavy atom. The summed E-state index contributed by atoms with van der Waals surface area (Å²) in [7, 11) is 0. The molecule has 1 heterocycles. The summed E-state index contributed by atoms with van der Waals surface area (Å²) in [5.41, 5.74) is 6.49. The molecule has 0 amide bonds. The molecule has 0 atom stereocenters. The van der Waals surface area contributed by atoms with Crippen LogP contribution in [0.1, 0.15) is 0 Å². The first kappa shape index (κ1) is 9.26. The number of aromatic nitrogens is 1. The van der Waals surface area contributed by atoms with Crippen molar-refractivity contribution >= 4 is 11.4 Å². The van der Waals surface area contributed by atoms with Crippen molar-refractivity contribution in [3.05, 3.63) is 52.8 Å². The van der Waals surface area contributed by atoms with Gasteiger partial charge in [0.25, 0.3) is 5.69 Å². The van der Waals surface area contributed by atoms with Crippen LogP contribution in [0.4, 0.5) is 11.4 Å². The zero-order valence-electron chi connectivity index (χ0n) is 7.83. The predicted octanol–water partition coefficient (Wildman–Crippen LogP) is 1.97. The van der Waals surface area contributed by atoms with Crippen molar-refractivity contribution < 1.29 is 4.92 Å². The van der Waals surface area contributed by atoms with Crippen molar-refractivity contribution in [1.29, 1.82) is 0 Å². The normalized spacial score (nSPS) is 10.1. The van der Waals surface area contributed by atoms with Crippen molar-refractivity contribution in [3.63, 3.8) is 0 Å². The molecule has 2 aromatic rings. The Kier molecular flexibility index (Phi) is 2.13. The van der Waals surface area contributed by atoms with Gasteiger partial charge in [-0.2, -0.15) is 0 Å². The molecule has 0 aliphatic heterocycles. The maximum atomic E-state index is 10.5. The summed E-state index contributed by atoms with van der Waals surface area (Å²) < 4.78 is 1.83. The number of nitrogen functional groups attached to an aromatic ring is 1. The van der Waals surface area contributed by atoms with Crippen LogP contribution in [0.5, 0.6) is 0 Å². The Morgan fingerprint density at radius 1 is 1.27 bits per heavy atom. The van der Waals surface area contributed by atoms with Crippen LogP contribution in [0.3, 0.4) is 0 Å². The van der Waals surface area contributed by atoms with Crippen molar-refractivity contribution in [3.8, 4) is 5.69 Å². The Balaban J connectivity index is 2.47. The molecule has 2 N–H and O–H groups in total. The molecule has 1 aromatic heterocycles. The van der Waals surface area contributed by atoms with Gasteiger partial charge in [0.1, 0.15) is 5.69 Å². The van der Waals surface area contributed by atoms with E-state index in [0.29, 0.717) is 0 Å². The summed E-state index contributed by atoms with van der Waals surface area (Å²) in [6.07, 6.45) is 3.70. The van der Waals surface area contributed by atoms with E-state index in [4.69, 9.17) is 5.73 Å². The molecule has 0 fully saturated rings. The van der Waals surface area contributed by atoms with Gasteiger partial charge in [-0.1, -0.05) is 0 Å². The molecule has 0 unspecified atom stereocenters. The van der Waals surface area contributed by atoms with E-state index in [1.165, 1.54) is 6.07 Å². The average Bonchev–Trinajstić information content (AvgIpc) is 2.69. The van der Waals surface area contributed by atoms with Gasteiger partial charge < -0.3 is 10.3 Å². The first-order valence-corrected chi connectivity index (χ1v) is 4.36. The largest absolute Gasteiger partial charge is 0.393 e. The lowest BCUT2D eigenvalue weighted by molar-refractivity contribution is -0.383. The number of benzene rings is 1. The van der Waals surface area contributed by atoms with Gasteiger partial charge in [-0.25, -0.2) is 0 Å². The SMILES string of the molecule is Nc1cc(-n2cccc2)ccc1[N+](=O)[O-]. The summed E-state index contributed by atoms with van der Waals surface area (Å²) in [6.45, 7) is 0. The van der Waals surface area contributed by atoms with Gasteiger partial charge in [0, 0.05) is 24.1 Å². The second-order valence-electron chi connectivity index (χ2n) is 3.09. The lowest BCUT2D eigenvalue weighted by Crippen LogP contribution is -1.98. The molecule has 0 spiro atoms. The van der Waals surface area contributed by atoms with E-state index in [1.54, 1.807) is 12.1 Å². The molecule has 0 bridgehead atoms. The fourth-order valence-electron chi connectivity index (χ4n) is 1.38. The van der Waals surface area contributed by atoms with Crippen molar-refractivity contribution in [1.82, 2.24) is 4.57 Å². The minimum atomic E-state index is -0.491. The third kappa shape index (κ3) is 1.67. The molecule has 0 aliphatic carbocycles. The van der Waals surface area contributed by atoms with Crippen LogP contribution in [0.25, 0.3) is 5.69 Å². The Bertz CT molecular complexity index is 491. The second kappa shape index (κ2) is 3.45. The maximum absolute atomic E-state index is 10.5. The number of nitro groups is 1. The average molecular weight is 203 g/mol. The number of hydrogen-bond acceptors (Lipinski definition) is 3. The van der Waals surface area contributed by atoms with Crippen LogP contribution in [0.2, 0.25) is 0 Å². The van der Waals surface area contributed by atoms with Gasteiger partial charge in [-0.15, -0.1) is 0 Å². The van der Waals surface area contributed by atoms with E-state index < -0.39 is 4.92 Å². The summed E-state index contributed by atoms with van der Waals surface area (Å²) in [5.74, 6) is 0. The van der Waals surface area contributed by atoms with Crippen molar-refractivity contribution in [2.45, 2.75) is 0 Å². The molecular weight excluding hydrogens is 194 g/mol. The fraction of sp³-hybridized carbons (Fsp3) is 0. The molecule has 1 aromatic carbocycles. The van der Waals surface area contributed by atoms with E-state index in [0.717, 1.165) is 5.69 Å². The van der Waals surface area contributed by atoms with Gasteiger partial charge in [0.2, 0.25) is 0 Å². The Hall–Kier alpha value is -2.30. The lowest BCUT2D eigenvalue weighted by atomic mass is 10.2. The molecule has 0 aliphatic rings. The third-order valence-corrected chi connectivity index (χ3v) is 2.11. The lowest BCUT2D eigenvalue weighted by Gasteiger charge is -2.03. The minimum Gasteiger partial charge on any atom is -0.393 e. The van der Waals surface area contributed by atoms with Crippen LogP contribution in [-0.2, 0) is 0 Å². The van der Waals surface area contributed by atoms with Gasteiger partial charge in [-0.3, -0.25) is 10.1 Å². The van der Waals surface area contributed by atoms with Gasteiger partial charge in [0.05, 0.1) is 4.92 Å². The number of nitro benzene ring substituents is 1. The molecular formula is C10H9N3O2. The second-order valence-corrected chi connectivity index (χ2v) is 3.09. The molecule has 2 rings (SSSR count). The van der Waals surface area contributed by atoms with E-state index in [2.05, 4.69) is 0 Å². The fourth-order valence-corrected chi connectivity index (χ4v) is 1.38. The van der Waals surface area contributed by atoms with Crippen LogP contribution in [0.15, 0.2) is 42.7 Å². The minimum absolute atomic E-state index is 0.0640. The predicted molar refractivity (Wildman–Crippen MR) is 56.8 cm³/mol. The van der Waals surface area contributed by atoms with E-state index in [-0.39, 0.29) is 11.4 Å². The Labute approximate surface area is 85.9 Å². The van der Waals surface area contributed by atoms with Crippen molar-refractivity contribution in [2.24, 2.45) is 0 Å². The standard InChI is InChI=1S/C10H9N3O2/c11-9-7-8(12-5-1-2-6-12)3-4-10(9)13(14)15/h1-7H,11H2. The number of anilines is 1. The quantitative estimate of drug-likeness (QED) is 0.460. The van der Waals surface area contributed by atoms with Crippen LogP contribution in [-0.4, -0.2) is 9.49 Å². The Morgan fingerprint density at radius 2 is 1.93 bits per heavy atom. The highest BCUT2D eigenvalue weighted by molar-refractivity contribution is 5.62. The number of hydrogen-bond donors (Lipinski definition) is 1. The molecule has 0 saturated carbocycles. The smallest absolute Gasteiger partial charge is 0.292 e. The van der Waals surface area contributed by atoms with Crippen molar-refractivity contribution in [2.75, 3.05) is 5.73 Å². The zero-order chi connectivity index (χ0) is 10.8. The molecule has 5 nitrogen and oxygen atoms in total. The van der Waals surface area contributed by atoms with Gasteiger partial charge >= 0.3 is 0 Å². The summed E-state index contributed by atoms with van der Waals surface area (Å²) >= 11 is 0. The summed E-state index contributed by atoms with van der Waals surface area (Å²) in [4.78, 5) is 10.0. The van der Waals surface area contributed by atoms with Gasteiger partial charge in [0.15, 0.2) is 0 Å². The van der Waals surface area contributed by atoms with Crippen LogP contribution in [0, 0.1) is 10.1 Å². The molecule has 0 radical (unpaired) electrons. The molecule has 0 saturated heterocycles. The highest BCUT2D eigenvalue weighted by atomic mass is 16.6. The first-order valence-electron chi connectivity index (χ1n) is 4.36. The molecule has 5 heteroatoms. The van der Waals surface area contributed by atoms with Gasteiger partial charge in [-0.05, 0) is 24.3 Å². The zero-order valence-corrected chi connectivity index (χ0v) is 7.83. The van der Waals surface area contributed by atoms with Crippen LogP contribution >= 0.6 is 0 Å². The van der Waals surface area contributed by atoms with E-state index in [1.807, 2.05) is 29.1 Å². The number of nitrogens with two attached hydrogens (primary N) is 1. The van der Waals surface area contributed by atoms with E-state index in [9.17, 15) is 10.1 Å². The summed E-state index contributed by atoms with van der Waals surface area (Å²) in [6, 6.07) is 8.40. The highest BCUT2D eigenvalue weighted by Crippen LogP contribution is 2.23. The summed E-state index contributed by atoms with van der Waals surface area (Å²) in [5, 5.41) is 10.5. The van der Waals surface area contributed by atoms with Crippen LogP contribution < -0.4 is 5.73 Å². The highest BCUT2D eigenvalue weighted by Gasteiger charge is 2.11. The topological polar surface area (TPSA) is 74.1 Å². The van der Waals surface area contributed by atoms with E-state index >= 15 is 0 Å². The number of nitrogens with zero attached hydrogens (tertiary/aromatic N) is 2. The maximum Gasteiger partial charge on any atom is 0.292 e. The molecule has 15 heavy (non-hydrogen) atoms.